The molecule has 0 aliphatic carbocycles. The van der Waals surface area contributed by atoms with Crippen molar-refractivity contribution in [1.82, 2.24) is 14.1 Å². The highest BCUT2D eigenvalue weighted by atomic mass is 16.3. The van der Waals surface area contributed by atoms with Crippen LogP contribution in [0.15, 0.2) is 48.6 Å². The van der Waals surface area contributed by atoms with Gasteiger partial charge in [-0.2, -0.15) is 0 Å². The molecule has 0 radical (unpaired) electrons. The summed E-state index contributed by atoms with van der Waals surface area (Å²) in [5.74, 6) is 0.0467. The van der Waals surface area contributed by atoms with Gasteiger partial charge in [0.2, 0.25) is 0 Å². The third-order valence-electron chi connectivity index (χ3n) is 4.22. The molecule has 2 aromatic carbocycles. The van der Waals surface area contributed by atoms with Crippen LogP contribution in [0.4, 0.5) is 5.69 Å². The van der Waals surface area contributed by atoms with Crippen molar-refractivity contribution in [3.8, 4) is 11.4 Å². The SMILES string of the molecule is C=C(C)C(=O)Nc1ccc2c(c1)n1n(-c3cc(CC)ccc3O)n21. The molecule has 0 fully saturated rings. The minimum Gasteiger partial charge on any atom is -0.506 e. The first-order chi connectivity index (χ1) is 11.5. The summed E-state index contributed by atoms with van der Waals surface area (Å²) in [5, 5.41) is 13.0. The molecule has 0 unspecified atom stereocenters. The van der Waals surface area contributed by atoms with Crippen LogP contribution >= 0.6 is 0 Å². The Kier molecular flexibility index (Phi) is 2.96. The van der Waals surface area contributed by atoms with E-state index in [4.69, 9.17) is 0 Å². The van der Waals surface area contributed by atoms with Crippen LogP contribution < -0.4 is 5.32 Å². The number of aromatic nitrogens is 3. The summed E-state index contributed by atoms with van der Waals surface area (Å²) >= 11 is 0. The zero-order valence-electron chi connectivity index (χ0n) is 13.6. The number of anilines is 1. The average Bonchev–Trinajstić information content (AvgIpc) is 3.22. The van der Waals surface area contributed by atoms with Gasteiger partial charge in [0, 0.05) is 11.3 Å². The van der Waals surface area contributed by atoms with Gasteiger partial charge in [0.15, 0.2) is 0 Å². The Morgan fingerprint density at radius 2 is 1.92 bits per heavy atom. The van der Waals surface area contributed by atoms with Gasteiger partial charge in [-0.3, -0.25) is 4.79 Å². The number of aromatic hydroxyl groups is 1. The topological polar surface area (TPSA) is 63.1 Å². The van der Waals surface area contributed by atoms with Gasteiger partial charge in [-0.25, -0.2) is 0 Å². The second kappa shape index (κ2) is 4.92. The predicted octanol–water partition coefficient (Wildman–Crippen LogP) is 3.20. The molecule has 6 heteroatoms. The number of hydrogen-bond acceptors (Lipinski definition) is 2. The second-order valence-corrected chi connectivity index (χ2v) is 5.98. The van der Waals surface area contributed by atoms with Gasteiger partial charge in [-0.15, -0.1) is 14.1 Å². The van der Waals surface area contributed by atoms with E-state index in [1.165, 1.54) is 0 Å². The van der Waals surface area contributed by atoms with Gasteiger partial charge >= 0.3 is 0 Å². The van der Waals surface area contributed by atoms with E-state index in [0.717, 1.165) is 34.4 Å². The number of benzene rings is 2. The van der Waals surface area contributed by atoms with Crippen LogP contribution in [0.25, 0.3) is 16.7 Å². The minimum atomic E-state index is -0.193. The third kappa shape index (κ3) is 2.00. The quantitative estimate of drug-likeness (QED) is 0.567. The molecule has 6 nitrogen and oxygen atoms in total. The Hall–Kier alpha value is -3.15. The maximum absolute atomic E-state index is 11.7. The first-order valence-electron chi connectivity index (χ1n) is 7.84. The molecule has 122 valence electrons. The molecule has 0 bridgehead atoms. The number of nitrogens with zero attached hydrogens (tertiary/aromatic N) is 3. The van der Waals surface area contributed by atoms with Crippen molar-refractivity contribution >= 4 is 22.6 Å². The Labute approximate surface area is 138 Å². The molecule has 1 amide bonds. The number of hydrogen-bond donors (Lipinski definition) is 2. The van der Waals surface area contributed by atoms with Crippen molar-refractivity contribution in [3.63, 3.8) is 0 Å². The van der Waals surface area contributed by atoms with Gasteiger partial charge in [0.05, 0.1) is 0 Å². The van der Waals surface area contributed by atoms with Gasteiger partial charge in [0.25, 0.3) is 5.91 Å². The highest BCUT2D eigenvalue weighted by Gasteiger charge is 2.26. The number of carbonyl (C=O) groups is 1. The summed E-state index contributed by atoms with van der Waals surface area (Å²) in [7, 11) is 0. The van der Waals surface area contributed by atoms with Crippen LogP contribution in [0.3, 0.4) is 0 Å². The van der Waals surface area contributed by atoms with E-state index >= 15 is 0 Å². The monoisotopic (exact) mass is 322 g/mol. The molecule has 0 saturated carbocycles. The number of phenols is 1. The lowest BCUT2D eigenvalue weighted by molar-refractivity contribution is -0.112. The zero-order valence-corrected chi connectivity index (χ0v) is 13.6. The number of rotatable bonds is 4. The summed E-state index contributed by atoms with van der Waals surface area (Å²) < 4.78 is 3.91. The Bertz CT molecular complexity index is 1080. The first-order valence-corrected chi connectivity index (χ1v) is 7.84. The summed E-state index contributed by atoms with van der Waals surface area (Å²) in [4.78, 5) is 13.6. The molecule has 0 aliphatic rings. The van der Waals surface area contributed by atoms with Crippen molar-refractivity contribution in [2.45, 2.75) is 20.3 Å². The van der Waals surface area contributed by atoms with Gasteiger partial charge < -0.3 is 10.4 Å². The maximum atomic E-state index is 11.7. The summed E-state index contributed by atoms with van der Waals surface area (Å²) in [6.07, 6.45) is 0.908. The molecule has 0 saturated heterocycles. The summed E-state index contributed by atoms with van der Waals surface area (Å²) in [5.41, 5.74) is 5.11. The Morgan fingerprint density at radius 1 is 1.17 bits per heavy atom. The van der Waals surface area contributed by atoms with Crippen molar-refractivity contribution in [1.29, 1.82) is 0 Å². The molecule has 2 heterocycles. The van der Waals surface area contributed by atoms with Crippen molar-refractivity contribution in [2.75, 3.05) is 5.32 Å². The molecule has 24 heavy (non-hydrogen) atoms. The molecular formula is C18H18N4O2. The third-order valence-corrected chi connectivity index (χ3v) is 4.22. The molecule has 2 aromatic heterocycles. The van der Waals surface area contributed by atoms with Crippen LogP contribution in [-0.2, 0) is 11.2 Å². The van der Waals surface area contributed by atoms with Crippen molar-refractivity contribution < 1.29 is 9.90 Å². The van der Waals surface area contributed by atoms with E-state index in [-0.39, 0.29) is 11.7 Å². The van der Waals surface area contributed by atoms with E-state index in [9.17, 15) is 9.90 Å². The number of nitrogens with one attached hydrogen (secondary N) is 1. The Balaban J connectivity index is 1.74. The zero-order chi connectivity index (χ0) is 17.0. The lowest BCUT2D eigenvalue weighted by atomic mass is 10.1. The molecule has 2 N–H and O–H groups in total. The normalized spacial score (nSPS) is 11.6. The van der Waals surface area contributed by atoms with E-state index in [2.05, 4.69) is 18.8 Å². The van der Waals surface area contributed by atoms with Crippen LogP contribution in [0.2, 0.25) is 0 Å². The van der Waals surface area contributed by atoms with Gasteiger partial charge in [-0.1, -0.05) is 19.6 Å². The van der Waals surface area contributed by atoms with Crippen LogP contribution in [0.1, 0.15) is 19.4 Å². The van der Waals surface area contributed by atoms with Crippen molar-refractivity contribution in [2.24, 2.45) is 0 Å². The number of carbonyl (C=O) groups excluding carboxylic acids is 1. The fourth-order valence-electron chi connectivity index (χ4n) is 2.81. The lowest BCUT2D eigenvalue weighted by Crippen LogP contribution is -2.11. The summed E-state index contributed by atoms with van der Waals surface area (Å²) in [6.45, 7) is 7.40. The molecule has 4 rings (SSSR count). The van der Waals surface area contributed by atoms with Crippen LogP contribution in [0.5, 0.6) is 5.75 Å². The number of fused-ring (bicyclic) bond motifs is 4. The average molecular weight is 322 g/mol. The molecule has 4 aromatic rings. The molecular weight excluding hydrogens is 304 g/mol. The van der Waals surface area contributed by atoms with Crippen molar-refractivity contribution in [3.05, 3.63) is 54.1 Å². The first kappa shape index (κ1) is 14.4. The lowest BCUT2D eigenvalue weighted by Gasteiger charge is -2.05. The highest BCUT2D eigenvalue weighted by Crippen LogP contribution is 2.32. The van der Waals surface area contributed by atoms with E-state index in [1.807, 2.05) is 44.4 Å². The largest absolute Gasteiger partial charge is 0.506 e. The highest BCUT2D eigenvalue weighted by molar-refractivity contribution is 6.03. The molecule has 0 aliphatic heterocycles. The fourth-order valence-corrected chi connectivity index (χ4v) is 2.81. The Morgan fingerprint density at radius 3 is 2.62 bits per heavy atom. The van der Waals surface area contributed by atoms with E-state index in [0.29, 0.717) is 5.57 Å². The molecule has 0 atom stereocenters. The van der Waals surface area contributed by atoms with Gasteiger partial charge in [0.1, 0.15) is 22.5 Å². The predicted molar refractivity (Wildman–Crippen MR) is 93.4 cm³/mol. The number of phenolic OH excluding ortho intramolecular Hbond substituents is 1. The smallest absolute Gasteiger partial charge is 0.250 e. The minimum absolute atomic E-state index is 0.193. The summed E-state index contributed by atoms with van der Waals surface area (Å²) in [6, 6.07) is 11.3. The van der Waals surface area contributed by atoms with Crippen LogP contribution in [0, 0.1) is 0 Å². The fraction of sp³-hybridized carbons (Fsp3) is 0.167. The maximum Gasteiger partial charge on any atom is 0.250 e. The van der Waals surface area contributed by atoms with Gasteiger partial charge in [-0.05, 0) is 49.2 Å². The van der Waals surface area contributed by atoms with E-state index in [1.54, 1.807) is 13.0 Å². The number of amides is 1. The number of aryl methyl sites for hydroxylation is 1. The molecule has 0 spiro atoms. The standard InChI is InChI=1S/C18H18N4O2/c1-4-12-5-8-17(23)16(9-12)22-20-14-7-6-13(10-15(14)21(20)22)19-18(24)11(2)3/h5-10,23H,2,4H2,1,3H3,(H,19,24). The van der Waals surface area contributed by atoms with E-state index < -0.39 is 0 Å². The van der Waals surface area contributed by atoms with Crippen LogP contribution in [-0.4, -0.2) is 25.1 Å². The second-order valence-electron chi connectivity index (χ2n) is 5.98.